The second-order valence-corrected chi connectivity index (χ2v) is 6.62. The molecule has 1 aromatic carbocycles. The fraction of sp³-hybridized carbons (Fsp3) is 0.500. The summed E-state index contributed by atoms with van der Waals surface area (Å²) in [6.45, 7) is 7.64. The minimum absolute atomic E-state index is 0.000812. The van der Waals surface area contributed by atoms with Crippen LogP contribution in [0.5, 0.6) is 11.8 Å². The Bertz CT molecular complexity index is 784. The minimum atomic E-state index is -4.59. The average molecular weight is 397 g/mol. The zero-order valence-corrected chi connectivity index (χ0v) is 16.7. The molecule has 1 aromatic heterocycles. The van der Waals surface area contributed by atoms with Crippen molar-refractivity contribution < 1.29 is 22.6 Å². The number of alkyl halides is 3. The first-order chi connectivity index (χ1) is 13.2. The van der Waals surface area contributed by atoms with Gasteiger partial charge in [0.25, 0.3) is 0 Å². The lowest BCUT2D eigenvalue weighted by molar-refractivity contribution is -0.137. The van der Waals surface area contributed by atoms with E-state index in [1.54, 1.807) is 31.2 Å². The monoisotopic (exact) mass is 397 g/mol. The van der Waals surface area contributed by atoms with E-state index in [4.69, 9.17) is 9.47 Å². The van der Waals surface area contributed by atoms with Crippen molar-refractivity contribution >= 4 is 11.5 Å². The number of aromatic nitrogens is 2. The van der Waals surface area contributed by atoms with Crippen molar-refractivity contribution in [2.24, 2.45) is 0 Å². The summed E-state index contributed by atoms with van der Waals surface area (Å²) in [6, 6.07) is 6.79. The first-order valence-corrected chi connectivity index (χ1v) is 9.27. The van der Waals surface area contributed by atoms with Crippen molar-refractivity contribution in [1.82, 2.24) is 9.97 Å². The molecule has 5 nitrogen and oxygen atoms in total. The standard InChI is InChI=1S/C20H26F3N3O2/c1-6-13(3)27-16-10-8-9-15(11-16)26(5)18-17(20(21,22)23)12-24-19(25-18)28-14(4)7-2/h8-14H,6-7H2,1-5H3. The van der Waals surface area contributed by atoms with Gasteiger partial charge in [-0.15, -0.1) is 0 Å². The van der Waals surface area contributed by atoms with Gasteiger partial charge in [0.15, 0.2) is 5.82 Å². The lowest BCUT2D eigenvalue weighted by Gasteiger charge is -2.24. The highest BCUT2D eigenvalue weighted by atomic mass is 19.4. The molecule has 0 aliphatic carbocycles. The summed E-state index contributed by atoms with van der Waals surface area (Å²) in [5.41, 5.74) is -0.417. The van der Waals surface area contributed by atoms with Crippen LogP contribution in [-0.4, -0.2) is 29.2 Å². The molecule has 1 heterocycles. The lowest BCUT2D eigenvalue weighted by atomic mass is 10.2. The van der Waals surface area contributed by atoms with Crippen LogP contribution in [-0.2, 0) is 6.18 Å². The normalized spacial score (nSPS) is 13.7. The van der Waals surface area contributed by atoms with Gasteiger partial charge in [-0.2, -0.15) is 18.2 Å². The third-order valence-electron chi connectivity index (χ3n) is 4.37. The second kappa shape index (κ2) is 9.12. The minimum Gasteiger partial charge on any atom is -0.491 e. The zero-order chi connectivity index (χ0) is 20.9. The maximum Gasteiger partial charge on any atom is 0.421 e. The van der Waals surface area contributed by atoms with E-state index in [9.17, 15) is 13.2 Å². The van der Waals surface area contributed by atoms with Gasteiger partial charge in [0.2, 0.25) is 0 Å². The van der Waals surface area contributed by atoms with E-state index in [1.807, 2.05) is 20.8 Å². The molecule has 0 aliphatic heterocycles. The number of nitrogens with zero attached hydrogens (tertiary/aromatic N) is 3. The quantitative estimate of drug-likeness (QED) is 0.579. The molecule has 0 aliphatic rings. The zero-order valence-electron chi connectivity index (χ0n) is 16.7. The van der Waals surface area contributed by atoms with Gasteiger partial charge in [-0.1, -0.05) is 19.9 Å². The van der Waals surface area contributed by atoms with Gasteiger partial charge in [0.05, 0.1) is 12.2 Å². The predicted octanol–water partition coefficient (Wildman–Crippen LogP) is 5.62. The van der Waals surface area contributed by atoms with Crippen LogP contribution in [0.3, 0.4) is 0 Å². The number of ether oxygens (including phenoxy) is 2. The van der Waals surface area contributed by atoms with Crippen molar-refractivity contribution in [1.29, 1.82) is 0 Å². The summed E-state index contributed by atoms with van der Waals surface area (Å²) in [6.07, 6.45) is -2.53. The van der Waals surface area contributed by atoms with Gasteiger partial charge in [0.1, 0.15) is 11.3 Å². The first kappa shape index (κ1) is 21.8. The Morgan fingerprint density at radius 3 is 2.32 bits per heavy atom. The Balaban J connectivity index is 2.43. The molecule has 0 radical (unpaired) electrons. The Morgan fingerprint density at radius 1 is 1.07 bits per heavy atom. The second-order valence-electron chi connectivity index (χ2n) is 6.62. The molecule has 0 spiro atoms. The van der Waals surface area contributed by atoms with Gasteiger partial charge in [-0.25, -0.2) is 4.98 Å². The molecule has 0 bridgehead atoms. The van der Waals surface area contributed by atoms with E-state index in [2.05, 4.69) is 9.97 Å². The van der Waals surface area contributed by atoms with Crippen LogP contribution < -0.4 is 14.4 Å². The fourth-order valence-electron chi connectivity index (χ4n) is 2.34. The van der Waals surface area contributed by atoms with E-state index < -0.39 is 11.7 Å². The summed E-state index contributed by atoms with van der Waals surface area (Å²) in [7, 11) is 1.52. The highest BCUT2D eigenvalue weighted by molar-refractivity contribution is 5.64. The molecule has 0 amide bonds. The van der Waals surface area contributed by atoms with Gasteiger partial charge >= 0.3 is 12.2 Å². The topological polar surface area (TPSA) is 47.5 Å². The predicted molar refractivity (Wildman–Crippen MR) is 102 cm³/mol. The van der Waals surface area contributed by atoms with Crippen LogP contribution in [0.15, 0.2) is 30.5 Å². The molecule has 0 fully saturated rings. The Labute approximate surface area is 163 Å². The Hall–Kier alpha value is -2.51. The molecule has 154 valence electrons. The Kier molecular flexibility index (Phi) is 7.10. The number of rotatable bonds is 8. The smallest absolute Gasteiger partial charge is 0.421 e. The average Bonchev–Trinajstić information content (AvgIpc) is 2.66. The number of hydrogen-bond donors (Lipinski definition) is 0. The van der Waals surface area contributed by atoms with Gasteiger partial charge in [0, 0.05) is 25.0 Å². The molecular weight excluding hydrogens is 371 g/mol. The summed E-state index contributed by atoms with van der Waals surface area (Å²) < 4.78 is 51.8. The highest BCUT2D eigenvalue weighted by Crippen LogP contribution is 2.38. The summed E-state index contributed by atoms with van der Waals surface area (Å²) in [5.74, 6) is 0.305. The maximum atomic E-state index is 13.5. The molecule has 2 rings (SSSR count). The summed E-state index contributed by atoms with van der Waals surface area (Å²) >= 11 is 0. The van der Waals surface area contributed by atoms with Crippen molar-refractivity contribution in [3.8, 4) is 11.8 Å². The third kappa shape index (κ3) is 5.50. The SMILES string of the molecule is CCC(C)Oc1cccc(N(C)c2nc(OC(C)CC)ncc2C(F)(F)F)c1. The van der Waals surface area contributed by atoms with Gasteiger partial charge < -0.3 is 14.4 Å². The van der Waals surface area contributed by atoms with Crippen molar-refractivity contribution in [3.63, 3.8) is 0 Å². The third-order valence-corrected chi connectivity index (χ3v) is 4.37. The number of benzene rings is 1. The van der Waals surface area contributed by atoms with Crippen LogP contribution >= 0.6 is 0 Å². The van der Waals surface area contributed by atoms with E-state index in [1.165, 1.54) is 11.9 Å². The molecule has 0 saturated heterocycles. The van der Waals surface area contributed by atoms with Gasteiger partial charge in [-0.05, 0) is 38.8 Å². The van der Waals surface area contributed by atoms with E-state index in [0.29, 0.717) is 17.9 Å². The van der Waals surface area contributed by atoms with Crippen LogP contribution in [0.2, 0.25) is 0 Å². The molecule has 8 heteroatoms. The first-order valence-electron chi connectivity index (χ1n) is 9.27. The fourth-order valence-corrected chi connectivity index (χ4v) is 2.34. The molecular formula is C20H26F3N3O2. The Morgan fingerprint density at radius 2 is 1.71 bits per heavy atom. The molecule has 2 atom stereocenters. The van der Waals surface area contributed by atoms with Crippen molar-refractivity contribution in [3.05, 3.63) is 36.0 Å². The lowest BCUT2D eigenvalue weighted by Crippen LogP contribution is -2.20. The molecule has 2 aromatic rings. The number of anilines is 2. The van der Waals surface area contributed by atoms with Crippen LogP contribution in [0, 0.1) is 0 Å². The molecule has 0 N–H and O–H groups in total. The number of halogens is 3. The molecule has 2 unspecified atom stereocenters. The molecule has 28 heavy (non-hydrogen) atoms. The van der Waals surface area contributed by atoms with Crippen molar-refractivity contribution in [2.75, 3.05) is 11.9 Å². The van der Waals surface area contributed by atoms with Crippen LogP contribution in [0.1, 0.15) is 46.1 Å². The van der Waals surface area contributed by atoms with E-state index in [0.717, 1.165) is 12.6 Å². The van der Waals surface area contributed by atoms with E-state index in [-0.39, 0.29) is 24.0 Å². The van der Waals surface area contributed by atoms with E-state index >= 15 is 0 Å². The maximum absolute atomic E-state index is 13.5. The van der Waals surface area contributed by atoms with Crippen molar-refractivity contribution in [2.45, 2.75) is 58.9 Å². The molecule has 0 saturated carbocycles. The summed E-state index contributed by atoms with van der Waals surface area (Å²) in [5, 5.41) is 0. The summed E-state index contributed by atoms with van der Waals surface area (Å²) in [4.78, 5) is 9.13. The van der Waals surface area contributed by atoms with Crippen LogP contribution in [0.4, 0.5) is 24.7 Å². The highest BCUT2D eigenvalue weighted by Gasteiger charge is 2.37. The van der Waals surface area contributed by atoms with Crippen LogP contribution in [0.25, 0.3) is 0 Å². The van der Waals surface area contributed by atoms with Gasteiger partial charge in [-0.3, -0.25) is 0 Å². The largest absolute Gasteiger partial charge is 0.491 e. The number of hydrogen-bond acceptors (Lipinski definition) is 5.